The standard InChI is InChI=1S/C13H21N3O2/c1-14-8-5-9-16(2)13(17)15-11-6-4-7-12(10-11)18-3/h4,6-7,10,14H,5,8-9H2,1-3H3,(H,15,17). The summed E-state index contributed by atoms with van der Waals surface area (Å²) in [5.74, 6) is 0.727. The molecule has 2 N–H and O–H groups in total. The van der Waals surface area contributed by atoms with E-state index < -0.39 is 0 Å². The number of methoxy groups -OCH3 is 1. The summed E-state index contributed by atoms with van der Waals surface area (Å²) in [5.41, 5.74) is 0.736. The summed E-state index contributed by atoms with van der Waals surface area (Å²) in [4.78, 5) is 13.5. The van der Waals surface area contributed by atoms with E-state index in [1.54, 1.807) is 25.1 Å². The van der Waals surface area contributed by atoms with Gasteiger partial charge in [-0.2, -0.15) is 0 Å². The van der Waals surface area contributed by atoms with Crippen LogP contribution in [0.15, 0.2) is 24.3 Å². The Morgan fingerprint density at radius 1 is 1.44 bits per heavy atom. The number of nitrogens with zero attached hydrogens (tertiary/aromatic N) is 1. The predicted molar refractivity (Wildman–Crippen MR) is 73.2 cm³/mol. The van der Waals surface area contributed by atoms with E-state index in [0.29, 0.717) is 0 Å². The second-order valence-electron chi connectivity index (χ2n) is 4.04. The summed E-state index contributed by atoms with van der Waals surface area (Å²) in [7, 11) is 5.28. The molecule has 0 atom stereocenters. The topological polar surface area (TPSA) is 53.6 Å². The van der Waals surface area contributed by atoms with Crippen LogP contribution in [0.1, 0.15) is 6.42 Å². The summed E-state index contributed by atoms with van der Waals surface area (Å²) in [6.07, 6.45) is 0.929. The highest BCUT2D eigenvalue weighted by Gasteiger charge is 2.08. The van der Waals surface area contributed by atoms with Crippen LogP contribution in [0.5, 0.6) is 5.75 Å². The van der Waals surface area contributed by atoms with Crippen molar-refractivity contribution >= 4 is 11.7 Å². The van der Waals surface area contributed by atoms with E-state index in [1.165, 1.54) is 0 Å². The second kappa shape index (κ2) is 7.55. The summed E-state index contributed by atoms with van der Waals surface area (Å²) >= 11 is 0. The maximum absolute atomic E-state index is 11.9. The highest BCUT2D eigenvalue weighted by Crippen LogP contribution is 2.16. The predicted octanol–water partition coefficient (Wildman–Crippen LogP) is 1.77. The Kier molecular flexibility index (Phi) is 6.00. The fraction of sp³-hybridized carbons (Fsp3) is 0.462. The molecule has 18 heavy (non-hydrogen) atoms. The molecule has 0 unspecified atom stereocenters. The largest absolute Gasteiger partial charge is 0.497 e. The lowest BCUT2D eigenvalue weighted by Crippen LogP contribution is -2.33. The van der Waals surface area contributed by atoms with Crippen LogP contribution in [0, 0.1) is 0 Å². The lowest BCUT2D eigenvalue weighted by atomic mass is 10.3. The van der Waals surface area contributed by atoms with E-state index in [2.05, 4.69) is 10.6 Å². The third kappa shape index (κ3) is 4.63. The molecule has 1 aromatic rings. The molecule has 0 saturated carbocycles. The first-order valence-electron chi connectivity index (χ1n) is 5.98. The van der Waals surface area contributed by atoms with Crippen molar-refractivity contribution in [1.29, 1.82) is 0 Å². The van der Waals surface area contributed by atoms with Gasteiger partial charge in [0.2, 0.25) is 0 Å². The van der Waals surface area contributed by atoms with Gasteiger partial charge >= 0.3 is 6.03 Å². The Bertz CT molecular complexity index is 382. The number of benzene rings is 1. The number of anilines is 1. The fourth-order valence-electron chi connectivity index (χ4n) is 1.51. The first kappa shape index (κ1) is 14.3. The monoisotopic (exact) mass is 251 g/mol. The van der Waals surface area contributed by atoms with E-state index in [0.717, 1.165) is 30.9 Å². The van der Waals surface area contributed by atoms with Crippen molar-refractivity contribution in [3.63, 3.8) is 0 Å². The van der Waals surface area contributed by atoms with Crippen LogP contribution in [-0.2, 0) is 0 Å². The molecule has 0 spiro atoms. The minimum Gasteiger partial charge on any atom is -0.497 e. The minimum absolute atomic E-state index is 0.112. The van der Waals surface area contributed by atoms with E-state index in [4.69, 9.17) is 4.74 Å². The van der Waals surface area contributed by atoms with Crippen LogP contribution in [-0.4, -0.2) is 45.2 Å². The number of ether oxygens (including phenoxy) is 1. The highest BCUT2D eigenvalue weighted by atomic mass is 16.5. The second-order valence-corrected chi connectivity index (χ2v) is 4.04. The highest BCUT2D eigenvalue weighted by molar-refractivity contribution is 5.89. The van der Waals surface area contributed by atoms with Gasteiger partial charge in [0, 0.05) is 25.3 Å². The van der Waals surface area contributed by atoms with Crippen LogP contribution >= 0.6 is 0 Å². The van der Waals surface area contributed by atoms with Crippen molar-refractivity contribution in [3.05, 3.63) is 24.3 Å². The zero-order valence-corrected chi connectivity index (χ0v) is 11.2. The number of hydrogen-bond donors (Lipinski definition) is 2. The van der Waals surface area contributed by atoms with Gasteiger partial charge in [-0.05, 0) is 32.1 Å². The zero-order valence-electron chi connectivity index (χ0n) is 11.2. The van der Waals surface area contributed by atoms with E-state index >= 15 is 0 Å². The molecule has 100 valence electrons. The van der Waals surface area contributed by atoms with Crippen molar-refractivity contribution in [2.75, 3.05) is 39.6 Å². The average molecular weight is 251 g/mol. The van der Waals surface area contributed by atoms with Crippen LogP contribution in [0.2, 0.25) is 0 Å². The molecule has 2 amide bonds. The minimum atomic E-state index is -0.112. The third-order valence-electron chi connectivity index (χ3n) is 2.59. The number of carbonyl (C=O) groups excluding carboxylic acids is 1. The molecule has 0 aliphatic carbocycles. The van der Waals surface area contributed by atoms with E-state index in [1.807, 2.05) is 25.2 Å². The van der Waals surface area contributed by atoms with Gasteiger partial charge in [0.25, 0.3) is 0 Å². The molecule has 5 heteroatoms. The van der Waals surface area contributed by atoms with E-state index in [-0.39, 0.29) is 6.03 Å². The molecular weight excluding hydrogens is 230 g/mol. The van der Waals surface area contributed by atoms with Crippen LogP contribution in [0.4, 0.5) is 10.5 Å². The van der Waals surface area contributed by atoms with Gasteiger partial charge in [0.05, 0.1) is 7.11 Å². The van der Waals surface area contributed by atoms with Crippen molar-refractivity contribution in [2.24, 2.45) is 0 Å². The SMILES string of the molecule is CNCCCN(C)C(=O)Nc1cccc(OC)c1. The molecule has 0 heterocycles. The summed E-state index contributed by atoms with van der Waals surface area (Å²) < 4.78 is 5.10. The Morgan fingerprint density at radius 3 is 2.89 bits per heavy atom. The molecule has 0 aromatic heterocycles. The van der Waals surface area contributed by atoms with Gasteiger partial charge in [-0.15, -0.1) is 0 Å². The van der Waals surface area contributed by atoms with E-state index in [9.17, 15) is 4.79 Å². The van der Waals surface area contributed by atoms with Gasteiger partial charge in [0.15, 0.2) is 0 Å². The molecule has 0 saturated heterocycles. The quantitative estimate of drug-likeness (QED) is 0.758. The maximum Gasteiger partial charge on any atom is 0.321 e. The number of carbonyl (C=O) groups is 1. The first-order chi connectivity index (χ1) is 8.67. The maximum atomic E-state index is 11.9. The molecule has 0 fully saturated rings. The van der Waals surface area contributed by atoms with Crippen molar-refractivity contribution in [1.82, 2.24) is 10.2 Å². The molecule has 0 radical (unpaired) electrons. The fourth-order valence-corrected chi connectivity index (χ4v) is 1.51. The zero-order chi connectivity index (χ0) is 13.4. The Hall–Kier alpha value is -1.75. The number of amides is 2. The summed E-state index contributed by atoms with van der Waals surface area (Å²) in [6.45, 7) is 1.62. The van der Waals surface area contributed by atoms with Crippen LogP contribution in [0.3, 0.4) is 0 Å². The smallest absolute Gasteiger partial charge is 0.321 e. The molecule has 5 nitrogen and oxygen atoms in total. The summed E-state index contributed by atoms with van der Waals surface area (Å²) in [5, 5.41) is 5.88. The molecule has 1 rings (SSSR count). The first-order valence-corrected chi connectivity index (χ1v) is 5.98. The van der Waals surface area contributed by atoms with Crippen molar-refractivity contribution in [3.8, 4) is 5.75 Å². The lowest BCUT2D eigenvalue weighted by molar-refractivity contribution is 0.222. The number of urea groups is 1. The van der Waals surface area contributed by atoms with Gasteiger partial charge in [-0.1, -0.05) is 6.07 Å². The van der Waals surface area contributed by atoms with Crippen molar-refractivity contribution < 1.29 is 9.53 Å². The number of rotatable bonds is 6. The van der Waals surface area contributed by atoms with Crippen molar-refractivity contribution in [2.45, 2.75) is 6.42 Å². The van der Waals surface area contributed by atoms with Gasteiger partial charge in [0.1, 0.15) is 5.75 Å². The Morgan fingerprint density at radius 2 is 2.22 bits per heavy atom. The molecule has 0 aliphatic rings. The number of hydrogen-bond acceptors (Lipinski definition) is 3. The molecule has 0 bridgehead atoms. The molecule has 0 aliphatic heterocycles. The normalized spacial score (nSPS) is 9.94. The third-order valence-corrected chi connectivity index (χ3v) is 2.59. The lowest BCUT2D eigenvalue weighted by Gasteiger charge is -2.18. The molecule has 1 aromatic carbocycles. The Balaban J connectivity index is 2.47. The summed E-state index contributed by atoms with van der Waals surface area (Å²) in [6, 6.07) is 7.20. The molecular formula is C13H21N3O2. The Labute approximate surface area is 108 Å². The van der Waals surface area contributed by atoms with Crippen LogP contribution in [0.25, 0.3) is 0 Å². The van der Waals surface area contributed by atoms with Crippen LogP contribution < -0.4 is 15.4 Å². The number of nitrogens with one attached hydrogen (secondary N) is 2. The van der Waals surface area contributed by atoms with Gasteiger partial charge < -0.3 is 20.3 Å². The van der Waals surface area contributed by atoms with Gasteiger partial charge in [-0.25, -0.2) is 4.79 Å². The average Bonchev–Trinajstić information content (AvgIpc) is 2.39. The van der Waals surface area contributed by atoms with Gasteiger partial charge in [-0.3, -0.25) is 0 Å².